The molecule has 0 unspecified atom stereocenters. The van der Waals surface area contributed by atoms with Crippen molar-refractivity contribution in [3.63, 3.8) is 0 Å². The van der Waals surface area contributed by atoms with E-state index in [-0.39, 0.29) is 5.91 Å². The predicted molar refractivity (Wildman–Crippen MR) is 85.6 cm³/mol. The first-order valence-corrected chi connectivity index (χ1v) is 7.96. The first kappa shape index (κ1) is 14.1. The number of hydrogen-bond acceptors (Lipinski definition) is 2. The third kappa shape index (κ3) is 2.41. The molecule has 3 nitrogen and oxygen atoms in total. The summed E-state index contributed by atoms with van der Waals surface area (Å²) in [6.07, 6.45) is 4.32. The number of nitrogens with zero attached hydrogens (tertiary/aromatic N) is 2. The normalized spacial score (nSPS) is 14.0. The molecule has 1 amide bonds. The number of para-hydroxylation sites is 1. The fraction of sp³-hybridized carbons (Fsp3) is 0.444. The summed E-state index contributed by atoms with van der Waals surface area (Å²) in [7, 11) is 0. The largest absolute Gasteiger partial charge is 0.339 e. The lowest BCUT2D eigenvalue weighted by Crippen LogP contribution is -2.32. The third-order valence-corrected chi connectivity index (χ3v) is 4.43. The highest BCUT2D eigenvalue weighted by molar-refractivity contribution is 6.07. The van der Waals surface area contributed by atoms with E-state index in [4.69, 9.17) is 4.98 Å². The summed E-state index contributed by atoms with van der Waals surface area (Å²) >= 11 is 0. The average Bonchev–Trinajstić information content (AvgIpc) is 2.53. The van der Waals surface area contributed by atoms with Gasteiger partial charge in [0.15, 0.2) is 0 Å². The number of amides is 1. The highest BCUT2D eigenvalue weighted by atomic mass is 16.2. The molecule has 3 rings (SSSR count). The van der Waals surface area contributed by atoms with Crippen LogP contribution in [0.5, 0.6) is 0 Å². The van der Waals surface area contributed by atoms with Crippen LogP contribution in [0.25, 0.3) is 10.9 Å². The monoisotopic (exact) mass is 282 g/mol. The van der Waals surface area contributed by atoms with Crippen molar-refractivity contribution in [2.45, 2.75) is 39.5 Å². The van der Waals surface area contributed by atoms with Gasteiger partial charge in [-0.15, -0.1) is 0 Å². The molecule has 0 radical (unpaired) electrons. The molecule has 0 aliphatic heterocycles. The van der Waals surface area contributed by atoms with E-state index in [9.17, 15) is 4.79 Å². The van der Waals surface area contributed by atoms with Crippen LogP contribution in [0.2, 0.25) is 0 Å². The summed E-state index contributed by atoms with van der Waals surface area (Å²) in [5.74, 6) is 0.164. The van der Waals surface area contributed by atoms with Crippen LogP contribution < -0.4 is 0 Å². The average molecular weight is 282 g/mol. The molecule has 3 heteroatoms. The van der Waals surface area contributed by atoms with Crippen molar-refractivity contribution in [2.24, 2.45) is 0 Å². The minimum absolute atomic E-state index is 0.164. The van der Waals surface area contributed by atoms with Crippen molar-refractivity contribution in [3.8, 4) is 0 Å². The van der Waals surface area contributed by atoms with Gasteiger partial charge in [0.2, 0.25) is 0 Å². The Morgan fingerprint density at radius 2 is 1.86 bits per heavy atom. The summed E-state index contributed by atoms with van der Waals surface area (Å²) in [6, 6.07) is 8.05. The van der Waals surface area contributed by atoms with Gasteiger partial charge in [0.05, 0.1) is 11.1 Å². The molecule has 1 aromatic carbocycles. The topological polar surface area (TPSA) is 33.2 Å². The van der Waals surface area contributed by atoms with Crippen molar-refractivity contribution in [1.29, 1.82) is 0 Å². The molecule has 1 aromatic heterocycles. The number of aryl methyl sites for hydroxylation is 1. The van der Waals surface area contributed by atoms with Gasteiger partial charge in [-0.2, -0.15) is 0 Å². The predicted octanol–water partition coefficient (Wildman–Crippen LogP) is 3.60. The molecule has 2 aromatic rings. The lowest BCUT2D eigenvalue weighted by molar-refractivity contribution is 0.0773. The first-order chi connectivity index (χ1) is 10.3. The molecule has 0 atom stereocenters. The molecular weight excluding hydrogens is 260 g/mol. The molecule has 0 saturated heterocycles. The van der Waals surface area contributed by atoms with Crippen molar-refractivity contribution in [2.75, 3.05) is 13.1 Å². The molecule has 1 aliphatic carbocycles. The molecular formula is C18H22N2O. The highest BCUT2D eigenvalue weighted by Gasteiger charge is 2.24. The number of hydrogen-bond donors (Lipinski definition) is 0. The van der Waals surface area contributed by atoms with E-state index in [0.717, 1.165) is 54.5 Å². The maximum absolute atomic E-state index is 13.0. The lowest BCUT2D eigenvalue weighted by atomic mass is 9.89. The van der Waals surface area contributed by atoms with Gasteiger partial charge < -0.3 is 4.90 Å². The van der Waals surface area contributed by atoms with Gasteiger partial charge in [-0.05, 0) is 51.2 Å². The second-order valence-electron chi connectivity index (χ2n) is 5.61. The molecule has 1 aliphatic rings. The standard InChI is InChI=1S/C18H22N2O/c1-3-20(4-2)18(21)17-13-9-5-7-11-15(13)19-16-12-8-6-10-14(16)17/h5,7,9,11H,3-4,6,8,10,12H2,1-2H3. The Hall–Kier alpha value is -1.90. The number of carbonyl (C=O) groups is 1. The minimum atomic E-state index is 0.164. The molecule has 0 saturated carbocycles. The SMILES string of the molecule is CCN(CC)C(=O)c1c2c(nc3ccccc13)CCCC2. The van der Waals surface area contributed by atoms with Crippen LogP contribution >= 0.6 is 0 Å². The Balaban J connectivity index is 2.25. The molecule has 0 fully saturated rings. The number of fused-ring (bicyclic) bond motifs is 2. The summed E-state index contributed by atoms with van der Waals surface area (Å²) in [6.45, 7) is 5.58. The second-order valence-corrected chi connectivity index (χ2v) is 5.61. The molecule has 0 spiro atoms. The van der Waals surface area contributed by atoms with E-state index in [0.29, 0.717) is 0 Å². The van der Waals surface area contributed by atoms with Gasteiger partial charge in [-0.25, -0.2) is 0 Å². The van der Waals surface area contributed by atoms with E-state index in [2.05, 4.69) is 0 Å². The van der Waals surface area contributed by atoms with Crippen LogP contribution in [0.3, 0.4) is 0 Å². The zero-order chi connectivity index (χ0) is 14.8. The van der Waals surface area contributed by atoms with E-state index < -0.39 is 0 Å². The summed E-state index contributed by atoms with van der Waals surface area (Å²) in [5.41, 5.74) is 4.18. The van der Waals surface area contributed by atoms with Crippen molar-refractivity contribution >= 4 is 16.8 Å². The zero-order valence-corrected chi connectivity index (χ0v) is 12.9. The van der Waals surface area contributed by atoms with E-state index in [1.54, 1.807) is 0 Å². The molecule has 1 heterocycles. The fourth-order valence-corrected chi connectivity index (χ4v) is 3.29. The first-order valence-electron chi connectivity index (χ1n) is 7.96. The Labute approximate surface area is 126 Å². The smallest absolute Gasteiger partial charge is 0.254 e. The van der Waals surface area contributed by atoms with Crippen LogP contribution in [0, 0.1) is 0 Å². The summed E-state index contributed by atoms with van der Waals surface area (Å²) in [4.78, 5) is 19.7. The van der Waals surface area contributed by atoms with Gasteiger partial charge in [0.25, 0.3) is 5.91 Å². The Kier molecular flexibility index (Phi) is 3.91. The Bertz CT molecular complexity index is 674. The van der Waals surface area contributed by atoms with Crippen LogP contribution in [-0.2, 0) is 12.8 Å². The molecule has 110 valence electrons. The van der Waals surface area contributed by atoms with Crippen LogP contribution in [0.1, 0.15) is 48.3 Å². The van der Waals surface area contributed by atoms with Gasteiger partial charge in [-0.1, -0.05) is 18.2 Å². The quantitative estimate of drug-likeness (QED) is 0.862. The van der Waals surface area contributed by atoms with Crippen molar-refractivity contribution in [1.82, 2.24) is 9.88 Å². The van der Waals surface area contributed by atoms with Crippen molar-refractivity contribution in [3.05, 3.63) is 41.1 Å². The molecule has 0 bridgehead atoms. The maximum atomic E-state index is 13.0. The van der Waals surface area contributed by atoms with Gasteiger partial charge in [0.1, 0.15) is 0 Å². The van der Waals surface area contributed by atoms with Crippen LogP contribution in [0.15, 0.2) is 24.3 Å². The Morgan fingerprint density at radius 3 is 2.62 bits per heavy atom. The van der Waals surface area contributed by atoms with E-state index >= 15 is 0 Å². The van der Waals surface area contributed by atoms with Crippen molar-refractivity contribution < 1.29 is 4.79 Å². The number of benzene rings is 1. The Morgan fingerprint density at radius 1 is 1.14 bits per heavy atom. The van der Waals surface area contributed by atoms with Gasteiger partial charge in [0, 0.05) is 24.2 Å². The number of rotatable bonds is 3. The highest BCUT2D eigenvalue weighted by Crippen LogP contribution is 2.30. The molecule has 21 heavy (non-hydrogen) atoms. The van der Waals surface area contributed by atoms with Gasteiger partial charge in [-0.3, -0.25) is 9.78 Å². The number of aromatic nitrogens is 1. The minimum Gasteiger partial charge on any atom is -0.339 e. The summed E-state index contributed by atoms with van der Waals surface area (Å²) in [5, 5.41) is 1.01. The van der Waals surface area contributed by atoms with Gasteiger partial charge >= 0.3 is 0 Å². The lowest BCUT2D eigenvalue weighted by Gasteiger charge is -2.24. The second kappa shape index (κ2) is 5.84. The maximum Gasteiger partial charge on any atom is 0.254 e. The van der Waals surface area contributed by atoms with E-state index in [1.807, 2.05) is 43.0 Å². The van der Waals surface area contributed by atoms with Crippen LogP contribution in [0.4, 0.5) is 0 Å². The summed E-state index contributed by atoms with van der Waals surface area (Å²) < 4.78 is 0. The molecule has 0 N–H and O–H groups in total. The zero-order valence-electron chi connectivity index (χ0n) is 12.9. The number of carbonyl (C=O) groups excluding carboxylic acids is 1. The number of pyridine rings is 1. The third-order valence-electron chi connectivity index (χ3n) is 4.43. The van der Waals surface area contributed by atoms with E-state index in [1.165, 1.54) is 12.0 Å². The fourth-order valence-electron chi connectivity index (χ4n) is 3.29. The van der Waals surface area contributed by atoms with Crippen LogP contribution in [-0.4, -0.2) is 28.9 Å².